The lowest BCUT2D eigenvalue weighted by Gasteiger charge is -2.28. The van der Waals surface area contributed by atoms with E-state index in [0.29, 0.717) is 12.0 Å². The third kappa shape index (κ3) is 23.8. The monoisotopic (exact) mass is 1040 g/mol. The summed E-state index contributed by atoms with van der Waals surface area (Å²) in [5.74, 6) is -12.9. The molecule has 0 saturated carbocycles. The van der Waals surface area contributed by atoms with E-state index in [1.54, 1.807) is 27.7 Å². The van der Waals surface area contributed by atoms with Crippen molar-refractivity contribution in [2.75, 3.05) is 26.4 Å². The molecule has 0 aliphatic heterocycles. The summed E-state index contributed by atoms with van der Waals surface area (Å²) in [5, 5.41) is 77.3. The fourth-order valence-corrected chi connectivity index (χ4v) is 6.77. The molecule has 0 aliphatic carbocycles. The van der Waals surface area contributed by atoms with Gasteiger partial charge in [-0.05, 0) is 74.6 Å². The number of amides is 9. The molecule has 0 bridgehead atoms. The van der Waals surface area contributed by atoms with E-state index >= 15 is 0 Å². The first-order chi connectivity index (χ1) is 34.3. The van der Waals surface area contributed by atoms with Gasteiger partial charge in [0, 0.05) is 19.3 Å². The summed E-state index contributed by atoms with van der Waals surface area (Å²) in [6, 6.07) is -8.67. The van der Waals surface area contributed by atoms with Crippen molar-refractivity contribution in [3.63, 3.8) is 0 Å². The van der Waals surface area contributed by atoms with Crippen LogP contribution in [0, 0.1) is 11.8 Å². The van der Waals surface area contributed by atoms with Gasteiger partial charge in [-0.25, -0.2) is 4.79 Å². The number of nitrogens with two attached hydrogens (primary N) is 3. The molecule has 73 heavy (non-hydrogen) atoms. The van der Waals surface area contributed by atoms with Crippen molar-refractivity contribution in [2.24, 2.45) is 29.0 Å². The van der Waals surface area contributed by atoms with Gasteiger partial charge in [-0.3, -0.25) is 47.9 Å². The zero-order valence-corrected chi connectivity index (χ0v) is 41.3. The molecule has 9 amide bonds. The molecule has 0 saturated heterocycles. The quantitative estimate of drug-likeness (QED) is 0.0282. The molecular weight excluding hydrogens is 967 g/mol. The number of primary amides is 1. The van der Waals surface area contributed by atoms with Gasteiger partial charge in [0.1, 0.15) is 54.1 Å². The lowest BCUT2D eigenvalue weighted by Crippen LogP contribution is -2.61. The molecule has 28 heteroatoms. The molecule has 28 nitrogen and oxygen atoms in total. The summed E-state index contributed by atoms with van der Waals surface area (Å²) >= 11 is 0. The maximum atomic E-state index is 13.8. The standard InChI is InChI=1S/C45H73N11O17/c1-22(2)17-29(40(67)54-33(21-59)43(70)55-32(20-58)42(69)52-30(45(72)73)18-24-8-10-25(60)11-9-24)51-41(68)31(19-57)53-39(66)28(13-15-35(62)63)49-38(65)27(7-5-6-16-46)50-44(71)36(23(3)4)56-37(64)26(47)12-14-34(48)61/h8-11,22-23,26-33,36,57-60H,5-7,12-21,46-47H2,1-4H3,(H2,48,61)(H,49,65)(H,50,71)(H,51,68)(H,52,69)(H,53,66)(H,54,67)(H,55,70)(H,56,64)(H,62,63)(H,72,73)/t26-,27-,28-,29-,30-,31-,32-,33-,36-/m0/s1. The number of carbonyl (C=O) groups is 11. The van der Waals surface area contributed by atoms with E-state index in [2.05, 4.69) is 42.5 Å². The first kappa shape index (κ1) is 64.0. The average Bonchev–Trinajstić information content (AvgIpc) is 3.32. The number of carboxylic acid groups (broad SMARTS) is 2. The number of phenols is 1. The average molecular weight is 1040 g/mol. The number of carbonyl (C=O) groups excluding carboxylic acids is 9. The number of aliphatic hydroxyl groups excluding tert-OH is 3. The number of nitrogens with one attached hydrogen (secondary N) is 8. The van der Waals surface area contributed by atoms with Gasteiger partial charge in [0.25, 0.3) is 0 Å². The van der Waals surface area contributed by atoms with Crippen LogP contribution in [0.3, 0.4) is 0 Å². The van der Waals surface area contributed by atoms with Gasteiger partial charge in [-0.2, -0.15) is 0 Å². The van der Waals surface area contributed by atoms with Crippen LogP contribution in [-0.2, 0) is 59.2 Å². The number of carboxylic acids is 2. The molecule has 0 aromatic heterocycles. The van der Waals surface area contributed by atoms with E-state index in [-0.39, 0.29) is 56.7 Å². The zero-order chi connectivity index (χ0) is 55.5. The Kier molecular flexibility index (Phi) is 28.8. The summed E-state index contributed by atoms with van der Waals surface area (Å²) < 4.78 is 0. The Morgan fingerprint density at radius 1 is 0.521 bits per heavy atom. The molecule has 1 rings (SSSR count). The van der Waals surface area contributed by atoms with Gasteiger partial charge in [0.15, 0.2) is 0 Å². The molecule has 1 aromatic rings. The molecule has 410 valence electrons. The van der Waals surface area contributed by atoms with E-state index in [0.717, 1.165) is 0 Å². The third-order valence-corrected chi connectivity index (χ3v) is 10.9. The molecule has 0 aliphatic rings. The van der Waals surface area contributed by atoms with Gasteiger partial charge in [-0.15, -0.1) is 0 Å². The lowest BCUT2D eigenvalue weighted by molar-refractivity contribution is -0.142. The first-order valence-corrected chi connectivity index (χ1v) is 23.5. The van der Waals surface area contributed by atoms with Crippen LogP contribution in [0.15, 0.2) is 24.3 Å². The van der Waals surface area contributed by atoms with Crippen molar-refractivity contribution in [3.8, 4) is 5.75 Å². The molecule has 0 radical (unpaired) electrons. The molecular formula is C45H73N11O17. The Morgan fingerprint density at radius 2 is 0.945 bits per heavy atom. The molecule has 1 aromatic carbocycles. The molecule has 0 heterocycles. The largest absolute Gasteiger partial charge is 0.508 e. The number of hydrogen-bond donors (Lipinski definition) is 17. The second-order valence-corrected chi connectivity index (χ2v) is 17.9. The highest BCUT2D eigenvalue weighted by atomic mass is 16.4. The summed E-state index contributed by atoms with van der Waals surface area (Å²) in [6.45, 7) is 3.44. The minimum absolute atomic E-state index is 0.0493. The van der Waals surface area contributed by atoms with Crippen LogP contribution in [0.5, 0.6) is 5.75 Å². The molecule has 9 atom stereocenters. The minimum Gasteiger partial charge on any atom is -0.508 e. The Balaban J connectivity index is 3.25. The van der Waals surface area contributed by atoms with Crippen LogP contribution < -0.4 is 59.7 Å². The number of benzene rings is 1. The maximum Gasteiger partial charge on any atom is 0.326 e. The second kappa shape index (κ2) is 32.9. The Morgan fingerprint density at radius 3 is 1.37 bits per heavy atom. The predicted molar refractivity (Wildman–Crippen MR) is 257 cm³/mol. The Hall–Kier alpha value is -7.01. The molecule has 20 N–H and O–H groups in total. The number of unbranched alkanes of at least 4 members (excludes halogenated alkanes) is 1. The zero-order valence-electron chi connectivity index (χ0n) is 41.3. The number of aliphatic hydroxyl groups is 3. The van der Waals surface area contributed by atoms with Crippen LogP contribution in [0.2, 0.25) is 0 Å². The summed E-state index contributed by atoms with van der Waals surface area (Å²) in [7, 11) is 0. The number of aromatic hydroxyl groups is 1. The van der Waals surface area contributed by atoms with E-state index in [9.17, 15) is 83.4 Å². The van der Waals surface area contributed by atoms with Gasteiger partial charge >= 0.3 is 11.9 Å². The highest BCUT2D eigenvalue weighted by molar-refractivity contribution is 5.98. The number of aliphatic carboxylic acids is 2. The Bertz CT molecular complexity index is 2040. The van der Waals surface area contributed by atoms with E-state index in [1.165, 1.54) is 24.3 Å². The van der Waals surface area contributed by atoms with Gasteiger partial charge in [0.2, 0.25) is 53.2 Å². The van der Waals surface area contributed by atoms with Crippen molar-refractivity contribution in [2.45, 2.75) is 140 Å². The summed E-state index contributed by atoms with van der Waals surface area (Å²) in [5.41, 5.74) is 17.0. The molecule has 0 spiro atoms. The topological polar surface area (TPSA) is 483 Å². The van der Waals surface area contributed by atoms with E-state index in [1.807, 2.05) is 0 Å². The number of phenolic OH excluding ortho intramolecular Hbond substituents is 1. The smallest absolute Gasteiger partial charge is 0.326 e. The van der Waals surface area contributed by atoms with Gasteiger partial charge < -0.3 is 90.4 Å². The van der Waals surface area contributed by atoms with Gasteiger partial charge in [-0.1, -0.05) is 39.8 Å². The van der Waals surface area contributed by atoms with Crippen LogP contribution >= 0.6 is 0 Å². The van der Waals surface area contributed by atoms with E-state index < -0.39 is 158 Å². The van der Waals surface area contributed by atoms with Gasteiger partial charge in [0.05, 0.1) is 25.9 Å². The van der Waals surface area contributed by atoms with Crippen molar-refractivity contribution in [1.82, 2.24) is 42.5 Å². The van der Waals surface area contributed by atoms with E-state index in [4.69, 9.17) is 17.2 Å². The highest BCUT2D eigenvalue weighted by Gasteiger charge is 2.35. The Labute approximate surface area is 421 Å². The predicted octanol–water partition coefficient (Wildman–Crippen LogP) is -5.84. The number of hydrogen-bond acceptors (Lipinski definition) is 17. The first-order valence-electron chi connectivity index (χ1n) is 23.5. The fraction of sp³-hybridized carbons (Fsp3) is 0.622. The molecule has 0 fully saturated rings. The second-order valence-electron chi connectivity index (χ2n) is 17.9. The van der Waals surface area contributed by atoms with Crippen LogP contribution in [0.4, 0.5) is 0 Å². The van der Waals surface area contributed by atoms with Crippen molar-refractivity contribution >= 4 is 65.1 Å². The summed E-state index contributed by atoms with van der Waals surface area (Å²) in [6.07, 6.45) is -1.35. The van der Waals surface area contributed by atoms with Crippen molar-refractivity contribution < 1.29 is 83.4 Å². The maximum absolute atomic E-state index is 13.8. The van der Waals surface area contributed by atoms with Crippen LogP contribution in [0.25, 0.3) is 0 Å². The lowest BCUT2D eigenvalue weighted by atomic mass is 10.0. The summed E-state index contributed by atoms with van der Waals surface area (Å²) in [4.78, 5) is 142. The number of rotatable bonds is 35. The third-order valence-electron chi connectivity index (χ3n) is 10.9. The normalized spacial score (nSPS) is 14.8. The van der Waals surface area contributed by atoms with Crippen molar-refractivity contribution in [3.05, 3.63) is 29.8 Å². The molecule has 0 unspecified atom stereocenters. The SMILES string of the molecule is CC(C)C[C@H](NC(=O)[C@H](CO)NC(=O)[C@H](CCC(=O)O)NC(=O)[C@H](CCCCN)NC(=O)[C@@H](NC(=O)[C@@H](N)CCC(N)=O)C(C)C)C(=O)N[C@@H](CO)C(=O)N[C@@H](CO)C(=O)N[C@@H](Cc1ccc(O)cc1)C(=O)O. The minimum atomic E-state index is -1.85. The van der Waals surface area contributed by atoms with Crippen LogP contribution in [-0.4, -0.2) is 176 Å². The van der Waals surface area contributed by atoms with Crippen LogP contribution in [0.1, 0.15) is 84.6 Å². The fourth-order valence-electron chi connectivity index (χ4n) is 6.77. The highest BCUT2D eigenvalue weighted by Crippen LogP contribution is 2.13. The van der Waals surface area contributed by atoms with Crippen molar-refractivity contribution in [1.29, 1.82) is 0 Å².